The molecule has 0 spiro atoms. The third-order valence-corrected chi connectivity index (χ3v) is 2.69. The molecular weight excluding hydrogens is 224 g/mol. The molecule has 0 N–H and O–H groups in total. The van der Waals surface area contributed by atoms with Crippen molar-refractivity contribution in [2.24, 2.45) is 0 Å². The number of aldehydes is 1. The molecule has 2 nitrogen and oxygen atoms in total. The first-order valence-corrected chi connectivity index (χ1v) is 6.03. The summed E-state index contributed by atoms with van der Waals surface area (Å²) in [5.41, 5.74) is 2.51. The molecule has 2 aromatic rings. The van der Waals surface area contributed by atoms with E-state index in [4.69, 9.17) is 4.74 Å². The van der Waals surface area contributed by atoms with Crippen LogP contribution in [0.3, 0.4) is 0 Å². The first-order valence-electron chi connectivity index (χ1n) is 6.03. The van der Waals surface area contributed by atoms with E-state index in [1.54, 1.807) is 6.92 Å². The summed E-state index contributed by atoms with van der Waals surface area (Å²) in [6.07, 6.45) is 1.30. The summed E-state index contributed by atoms with van der Waals surface area (Å²) in [6.45, 7) is 1.73. The molecule has 0 bridgehead atoms. The zero-order valence-corrected chi connectivity index (χ0v) is 10.4. The molecule has 0 saturated carbocycles. The van der Waals surface area contributed by atoms with Crippen LogP contribution in [0.5, 0.6) is 5.75 Å². The fourth-order valence-corrected chi connectivity index (χ4v) is 1.76. The lowest BCUT2D eigenvalue weighted by molar-refractivity contribution is -0.113. The summed E-state index contributed by atoms with van der Waals surface area (Å²) in [4.78, 5) is 10.5. The highest BCUT2D eigenvalue weighted by Gasteiger charge is 2.01. The van der Waals surface area contributed by atoms with Gasteiger partial charge in [0.1, 0.15) is 5.75 Å². The van der Waals surface area contributed by atoms with Crippen molar-refractivity contribution in [3.8, 4) is 5.75 Å². The molecular formula is C16H16O2. The third kappa shape index (κ3) is 3.45. The SMILES string of the molecule is CC(C=O)Oc1ccc(Cc2ccccc2)cc1. The first-order chi connectivity index (χ1) is 8.78. The molecule has 0 saturated heterocycles. The van der Waals surface area contributed by atoms with Crippen LogP contribution in [0.15, 0.2) is 54.6 Å². The summed E-state index contributed by atoms with van der Waals surface area (Å²) >= 11 is 0. The van der Waals surface area contributed by atoms with E-state index >= 15 is 0 Å². The molecule has 92 valence electrons. The van der Waals surface area contributed by atoms with Crippen molar-refractivity contribution < 1.29 is 9.53 Å². The van der Waals surface area contributed by atoms with Crippen molar-refractivity contribution >= 4 is 6.29 Å². The molecule has 0 fully saturated rings. The van der Waals surface area contributed by atoms with E-state index in [9.17, 15) is 4.79 Å². The second kappa shape index (κ2) is 6.01. The summed E-state index contributed by atoms with van der Waals surface area (Å²) in [5, 5.41) is 0. The molecule has 0 aromatic heterocycles. The average molecular weight is 240 g/mol. The van der Waals surface area contributed by atoms with Gasteiger partial charge in [0.2, 0.25) is 0 Å². The second-order valence-electron chi connectivity index (χ2n) is 4.27. The van der Waals surface area contributed by atoms with Gasteiger partial charge in [-0.25, -0.2) is 0 Å². The molecule has 0 heterocycles. The normalized spacial score (nSPS) is 11.8. The van der Waals surface area contributed by atoms with Crippen molar-refractivity contribution in [1.82, 2.24) is 0 Å². The Kier molecular flexibility index (Phi) is 4.13. The number of carbonyl (C=O) groups is 1. The van der Waals surface area contributed by atoms with E-state index in [-0.39, 0.29) is 0 Å². The molecule has 0 aliphatic carbocycles. The average Bonchev–Trinajstić information content (AvgIpc) is 2.42. The van der Waals surface area contributed by atoms with Crippen LogP contribution in [-0.2, 0) is 11.2 Å². The van der Waals surface area contributed by atoms with Crippen LogP contribution in [-0.4, -0.2) is 12.4 Å². The minimum Gasteiger partial charge on any atom is -0.483 e. The van der Waals surface area contributed by atoms with Crippen LogP contribution in [0.25, 0.3) is 0 Å². The summed E-state index contributed by atoms with van der Waals surface area (Å²) in [7, 11) is 0. The molecule has 2 heteroatoms. The molecule has 18 heavy (non-hydrogen) atoms. The van der Waals surface area contributed by atoms with Gasteiger partial charge in [-0.15, -0.1) is 0 Å². The minimum absolute atomic E-state index is 0.398. The largest absolute Gasteiger partial charge is 0.483 e. The van der Waals surface area contributed by atoms with Gasteiger partial charge in [0, 0.05) is 0 Å². The zero-order valence-electron chi connectivity index (χ0n) is 10.4. The predicted molar refractivity (Wildman–Crippen MR) is 71.8 cm³/mol. The number of hydrogen-bond acceptors (Lipinski definition) is 2. The Hall–Kier alpha value is -2.09. The Morgan fingerprint density at radius 3 is 2.22 bits per heavy atom. The monoisotopic (exact) mass is 240 g/mol. The van der Waals surface area contributed by atoms with Crippen molar-refractivity contribution in [3.05, 3.63) is 65.7 Å². The fraction of sp³-hybridized carbons (Fsp3) is 0.188. The summed E-state index contributed by atoms with van der Waals surface area (Å²) in [5.74, 6) is 0.728. The smallest absolute Gasteiger partial charge is 0.160 e. The van der Waals surface area contributed by atoms with Gasteiger partial charge >= 0.3 is 0 Å². The van der Waals surface area contributed by atoms with Crippen LogP contribution in [0.4, 0.5) is 0 Å². The van der Waals surface area contributed by atoms with Crippen molar-refractivity contribution in [3.63, 3.8) is 0 Å². The van der Waals surface area contributed by atoms with Crippen LogP contribution in [0.2, 0.25) is 0 Å². The van der Waals surface area contributed by atoms with Crippen molar-refractivity contribution in [2.45, 2.75) is 19.4 Å². The van der Waals surface area contributed by atoms with Gasteiger partial charge in [-0.3, -0.25) is 4.79 Å². The molecule has 1 unspecified atom stereocenters. The van der Waals surface area contributed by atoms with Crippen molar-refractivity contribution in [2.75, 3.05) is 0 Å². The molecule has 2 aromatic carbocycles. The lowest BCUT2D eigenvalue weighted by Gasteiger charge is -2.09. The zero-order chi connectivity index (χ0) is 12.8. The highest BCUT2D eigenvalue weighted by molar-refractivity contribution is 5.56. The Balaban J connectivity index is 2.02. The maximum atomic E-state index is 10.5. The number of hydrogen-bond donors (Lipinski definition) is 0. The van der Waals surface area contributed by atoms with E-state index in [2.05, 4.69) is 12.1 Å². The highest BCUT2D eigenvalue weighted by Crippen LogP contribution is 2.16. The van der Waals surface area contributed by atoms with E-state index in [0.29, 0.717) is 0 Å². The number of ether oxygens (including phenoxy) is 1. The minimum atomic E-state index is -0.398. The van der Waals surface area contributed by atoms with Gasteiger partial charge in [-0.2, -0.15) is 0 Å². The summed E-state index contributed by atoms with van der Waals surface area (Å²) in [6, 6.07) is 18.2. The Bertz CT molecular complexity index is 488. The van der Waals surface area contributed by atoms with Gasteiger partial charge in [0.15, 0.2) is 12.4 Å². The number of carbonyl (C=O) groups excluding carboxylic acids is 1. The Labute approximate surface area is 107 Å². The van der Waals surface area contributed by atoms with Gasteiger partial charge in [-0.1, -0.05) is 42.5 Å². The molecule has 2 rings (SSSR count). The Morgan fingerprint density at radius 2 is 1.61 bits per heavy atom. The Morgan fingerprint density at radius 1 is 1.00 bits per heavy atom. The fourth-order valence-electron chi connectivity index (χ4n) is 1.76. The topological polar surface area (TPSA) is 26.3 Å². The summed E-state index contributed by atoms with van der Waals surface area (Å²) < 4.78 is 5.40. The van der Waals surface area contributed by atoms with E-state index < -0.39 is 6.10 Å². The van der Waals surface area contributed by atoms with Gasteiger partial charge < -0.3 is 4.74 Å². The lowest BCUT2D eigenvalue weighted by Crippen LogP contribution is -2.12. The van der Waals surface area contributed by atoms with Crippen LogP contribution in [0, 0.1) is 0 Å². The van der Waals surface area contributed by atoms with Gasteiger partial charge in [0.05, 0.1) is 0 Å². The molecule has 0 aliphatic heterocycles. The third-order valence-electron chi connectivity index (χ3n) is 2.69. The van der Waals surface area contributed by atoms with E-state index in [1.807, 2.05) is 42.5 Å². The quantitative estimate of drug-likeness (QED) is 0.750. The van der Waals surface area contributed by atoms with Crippen LogP contribution in [0.1, 0.15) is 18.1 Å². The standard InChI is InChI=1S/C16H16O2/c1-13(12-17)18-16-9-7-15(8-10-16)11-14-5-3-2-4-6-14/h2-10,12-13H,11H2,1H3. The molecule has 0 radical (unpaired) electrons. The van der Waals surface area contributed by atoms with Gasteiger partial charge in [-0.05, 0) is 36.6 Å². The van der Waals surface area contributed by atoms with E-state index in [1.165, 1.54) is 11.1 Å². The lowest BCUT2D eigenvalue weighted by atomic mass is 10.1. The molecule has 0 amide bonds. The van der Waals surface area contributed by atoms with Crippen LogP contribution >= 0.6 is 0 Å². The van der Waals surface area contributed by atoms with E-state index in [0.717, 1.165) is 18.5 Å². The maximum absolute atomic E-state index is 10.5. The molecule has 0 aliphatic rings. The number of rotatable bonds is 5. The molecule has 1 atom stereocenters. The van der Waals surface area contributed by atoms with Crippen LogP contribution < -0.4 is 4.74 Å². The maximum Gasteiger partial charge on any atom is 0.160 e. The first kappa shape index (κ1) is 12.4. The van der Waals surface area contributed by atoms with Crippen molar-refractivity contribution in [1.29, 1.82) is 0 Å². The predicted octanol–water partition coefficient (Wildman–Crippen LogP) is 3.24. The number of benzene rings is 2. The second-order valence-corrected chi connectivity index (χ2v) is 4.27. The highest BCUT2D eigenvalue weighted by atomic mass is 16.5. The van der Waals surface area contributed by atoms with Gasteiger partial charge in [0.25, 0.3) is 0 Å².